The van der Waals surface area contributed by atoms with Gasteiger partial charge >= 0.3 is 0 Å². The Morgan fingerprint density at radius 3 is 2.48 bits per heavy atom. The first-order valence-electron chi connectivity index (χ1n) is 8.30. The summed E-state index contributed by atoms with van der Waals surface area (Å²) in [4.78, 5) is 1.19. The highest BCUT2D eigenvalue weighted by Crippen LogP contribution is 2.32. The summed E-state index contributed by atoms with van der Waals surface area (Å²) < 4.78 is 29.5. The molecule has 0 spiro atoms. The largest absolute Gasteiger partial charge is 0.266 e. The van der Waals surface area contributed by atoms with Gasteiger partial charge in [-0.1, -0.05) is 36.4 Å². The van der Waals surface area contributed by atoms with Crippen molar-refractivity contribution in [3.8, 4) is 10.6 Å². The van der Waals surface area contributed by atoms with Gasteiger partial charge in [0.05, 0.1) is 11.4 Å². The van der Waals surface area contributed by atoms with Crippen molar-refractivity contribution in [1.82, 2.24) is 14.1 Å². The Morgan fingerprint density at radius 1 is 1.04 bits per heavy atom. The maximum absolute atomic E-state index is 13.1. The number of aromatic nitrogens is 2. The van der Waals surface area contributed by atoms with Crippen LogP contribution >= 0.6 is 11.3 Å². The van der Waals surface area contributed by atoms with Crippen molar-refractivity contribution in [3.63, 3.8) is 0 Å². The Hall–Kier alpha value is -1.96. The number of rotatable bonds is 5. The third kappa shape index (κ3) is 3.27. The molecule has 5 nitrogen and oxygen atoms in total. The highest BCUT2D eigenvalue weighted by atomic mass is 32.2. The fourth-order valence-electron chi connectivity index (χ4n) is 3.09. The smallest absolute Gasteiger partial charge is 0.246 e. The molecule has 0 bridgehead atoms. The predicted octanol–water partition coefficient (Wildman–Crippen LogP) is 3.44. The molecule has 0 amide bonds. The Kier molecular flexibility index (Phi) is 4.45. The van der Waals surface area contributed by atoms with Crippen molar-refractivity contribution in [2.24, 2.45) is 0 Å². The van der Waals surface area contributed by atoms with Crippen LogP contribution in [0, 0.1) is 0 Å². The second kappa shape index (κ2) is 6.74. The van der Waals surface area contributed by atoms with Crippen molar-refractivity contribution in [2.75, 3.05) is 13.1 Å². The molecule has 0 radical (unpaired) electrons. The van der Waals surface area contributed by atoms with Crippen molar-refractivity contribution in [1.29, 1.82) is 0 Å². The standard InChI is InChI=1S/C18H19N3O2S2/c22-25(23,21-10-4-5-11-21)17-14-20(13-15-7-2-1-3-8-15)19-18(17)16-9-6-12-24-16/h1-3,6-9,12,14H,4-5,10-11,13H2. The van der Waals surface area contributed by atoms with Crippen molar-refractivity contribution in [2.45, 2.75) is 24.3 Å². The first-order chi connectivity index (χ1) is 12.1. The minimum Gasteiger partial charge on any atom is -0.266 e. The molecule has 0 atom stereocenters. The van der Waals surface area contributed by atoms with Crippen molar-refractivity contribution < 1.29 is 8.42 Å². The Bertz CT molecular complexity index is 942. The summed E-state index contributed by atoms with van der Waals surface area (Å²) in [7, 11) is -3.51. The molecule has 3 heterocycles. The molecule has 1 aromatic carbocycles. The van der Waals surface area contributed by atoms with E-state index < -0.39 is 10.0 Å². The number of sulfonamides is 1. The SMILES string of the molecule is O=S(=O)(c1cn(Cc2ccccc2)nc1-c1cccs1)N1CCCC1. The molecule has 0 saturated carbocycles. The van der Waals surface area contributed by atoms with Gasteiger partial charge in [-0.3, -0.25) is 4.68 Å². The highest BCUT2D eigenvalue weighted by molar-refractivity contribution is 7.89. The molecule has 1 fully saturated rings. The maximum Gasteiger partial charge on any atom is 0.246 e. The van der Waals surface area contributed by atoms with E-state index in [-0.39, 0.29) is 0 Å². The zero-order chi connectivity index (χ0) is 17.3. The fraction of sp³-hybridized carbons (Fsp3) is 0.278. The normalized spacial score (nSPS) is 15.7. The van der Waals surface area contributed by atoms with E-state index in [0.717, 1.165) is 23.3 Å². The number of thiophene rings is 1. The monoisotopic (exact) mass is 373 g/mol. The summed E-state index contributed by atoms with van der Waals surface area (Å²) in [5.74, 6) is 0. The van der Waals surface area contributed by atoms with Gasteiger partial charge in [-0.05, 0) is 29.9 Å². The molecule has 0 aliphatic carbocycles. The number of hydrogen-bond acceptors (Lipinski definition) is 4. The second-order valence-electron chi connectivity index (χ2n) is 6.11. The molecule has 4 rings (SSSR count). The summed E-state index contributed by atoms with van der Waals surface area (Å²) in [5.41, 5.74) is 1.64. The minimum atomic E-state index is -3.51. The Labute approximate surface area is 151 Å². The van der Waals surface area contributed by atoms with Crippen molar-refractivity contribution in [3.05, 3.63) is 59.6 Å². The van der Waals surface area contributed by atoms with Crippen LogP contribution in [0.25, 0.3) is 10.6 Å². The van der Waals surface area contributed by atoms with E-state index in [1.165, 1.54) is 11.3 Å². The van der Waals surface area contributed by atoms with Crippen LogP contribution in [0.15, 0.2) is 58.9 Å². The molecule has 0 N–H and O–H groups in total. The van der Waals surface area contributed by atoms with E-state index in [4.69, 9.17) is 0 Å². The van der Waals surface area contributed by atoms with E-state index >= 15 is 0 Å². The lowest BCUT2D eigenvalue weighted by molar-refractivity contribution is 0.477. The van der Waals surface area contributed by atoms with E-state index in [9.17, 15) is 8.42 Å². The minimum absolute atomic E-state index is 0.313. The van der Waals surface area contributed by atoms with Gasteiger partial charge in [0.1, 0.15) is 10.6 Å². The second-order valence-corrected chi connectivity index (χ2v) is 8.97. The molecular weight excluding hydrogens is 354 g/mol. The molecule has 1 aliphatic rings. The summed E-state index contributed by atoms with van der Waals surface area (Å²) >= 11 is 1.51. The third-order valence-electron chi connectivity index (χ3n) is 4.35. The lowest BCUT2D eigenvalue weighted by Gasteiger charge is -2.14. The molecule has 3 aromatic rings. The first kappa shape index (κ1) is 16.5. The lowest BCUT2D eigenvalue weighted by atomic mass is 10.2. The summed E-state index contributed by atoms with van der Waals surface area (Å²) in [6, 6.07) is 13.8. The average molecular weight is 374 g/mol. The number of hydrogen-bond donors (Lipinski definition) is 0. The van der Waals surface area contributed by atoms with E-state index in [0.29, 0.717) is 30.2 Å². The van der Waals surface area contributed by atoms with E-state index in [1.807, 2.05) is 47.8 Å². The summed E-state index contributed by atoms with van der Waals surface area (Å²) in [6.45, 7) is 1.74. The van der Waals surface area contributed by atoms with E-state index in [2.05, 4.69) is 5.10 Å². The summed E-state index contributed by atoms with van der Waals surface area (Å²) in [6.07, 6.45) is 3.52. The molecule has 7 heteroatoms. The van der Waals surface area contributed by atoms with Gasteiger partial charge in [0.15, 0.2) is 0 Å². The van der Waals surface area contributed by atoms with Crippen LogP contribution < -0.4 is 0 Å². The lowest BCUT2D eigenvalue weighted by Crippen LogP contribution is -2.28. The quantitative estimate of drug-likeness (QED) is 0.688. The molecule has 1 saturated heterocycles. The van der Waals surface area contributed by atoms with Crippen LogP contribution in [0.3, 0.4) is 0 Å². The zero-order valence-corrected chi connectivity index (χ0v) is 15.3. The van der Waals surface area contributed by atoms with Gasteiger partial charge in [-0.25, -0.2) is 8.42 Å². The fourth-order valence-corrected chi connectivity index (χ4v) is 5.55. The van der Waals surface area contributed by atoms with Gasteiger partial charge in [0.25, 0.3) is 0 Å². The molecule has 130 valence electrons. The Balaban J connectivity index is 1.76. The molecule has 2 aromatic heterocycles. The molecule has 0 unspecified atom stereocenters. The van der Waals surface area contributed by atoms with Crippen LogP contribution in [-0.2, 0) is 16.6 Å². The van der Waals surface area contributed by atoms with Crippen LogP contribution in [0.4, 0.5) is 0 Å². The van der Waals surface area contributed by atoms with Crippen LogP contribution in [0.1, 0.15) is 18.4 Å². The summed E-state index contributed by atoms with van der Waals surface area (Å²) in [5, 5.41) is 6.55. The van der Waals surface area contributed by atoms with Gasteiger partial charge in [-0.2, -0.15) is 9.40 Å². The maximum atomic E-state index is 13.1. The topological polar surface area (TPSA) is 55.2 Å². The van der Waals surface area contributed by atoms with Gasteiger partial charge in [0.2, 0.25) is 10.0 Å². The van der Waals surface area contributed by atoms with Gasteiger partial charge in [-0.15, -0.1) is 11.3 Å². The first-order valence-corrected chi connectivity index (χ1v) is 10.6. The van der Waals surface area contributed by atoms with Crippen LogP contribution in [0.5, 0.6) is 0 Å². The molecule has 1 aliphatic heterocycles. The highest BCUT2D eigenvalue weighted by Gasteiger charge is 2.32. The predicted molar refractivity (Wildman–Crippen MR) is 99.1 cm³/mol. The third-order valence-corrected chi connectivity index (χ3v) is 7.13. The average Bonchev–Trinajstić information content (AvgIpc) is 3.36. The van der Waals surface area contributed by atoms with Gasteiger partial charge < -0.3 is 0 Å². The molecular formula is C18H19N3O2S2. The van der Waals surface area contributed by atoms with Gasteiger partial charge in [0, 0.05) is 19.3 Å². The number of benzene rings is 1. The van der Waals surface area contributed by atoms with Crippen molar-refractivity contribution >= 4 is 21.4 Å². The van der Waals surface area contributed by atoms with Crippen LogP contribution in [0.2, 0.25) is 0 Å². The Morgan fingerprint density at radius 2 is 1.80 bits per heavy atom. The van der Waals surface area contributed by atoms with E-state index in [1.54, 1.807) is 15.2 Å². The zero-order valence-electron chi connectivity index (χ0n) is 13.7. The number of nitrogens with zero attached hydrogens (tertiary/aromatic N) is 3. The van der Waals surface area contributed by atoms with Crippen LogP contribution in [-0.4, -0.2) is 35.6 Å². The molecule has 25 heavy (non-hydrogen) atoms.